The van der Waals surface area contributed by atoms with Gasteiger partial charge in [0.25, 0.3) is 0 Å². The number of aromatic nitrogens is 1. The van der Waals surface area contributed by atoms with E-state index in [0.717, 1.165) is 56.5 Å². The molecular formula is C26H33F2N3O. The van der Waals surface area contributed by atoms with E-state index in [4.69, 9.17) is 9.72 Å². The Morgan fingerprint density at radius 2 is 1.94 bits per heavy atom. The van der Waals surface area contributed by atoms with Crippen LogP contribution in [0.15, 0.2) is 42.6 Å². The van der Waals surface area contributed by atoms with E-state index in [1.807, 2.05) is 18.3 Å². The highest BCUT2D eigenvalue weighted by atomic mass is 19.1. The van der Waals surface area contributed by atoms with Crippen LogP contribution < -0.4 is 10.2 Å². The van der Waals surface area contributed by atoms with E-state index in [-0.39, 0.29) is 29.9 Å². The molecule has 2 aliphatic heterocycles. The third-order valence-corrected chi connectivity index (χ3v) is 7.69. The molecule has 1 saturated carbocycles. The number of pyridine rings is 1. The molecule has 3 heterocycles. The first-order chi connectivity index (χ1) is 15.6. The summed E-state index contributed by atoms with van der Waals surface area (Å²) in [5.41, 5.74) is 2.61. The minimum atomic E-state index is -0.856. The molecule has 1 unspecified atom stereocenters. The van der Waals surface area contributed by atoms with Crippen LogP contribution in [0, 0.1) is 5.82 Å². The van der Waals surface area contributed by atoms with Gasteiger partial charge >= 0.3 is 0 Å². The molecule has 1 aliphatic carbocycles. The molecule has 6 heteroatoms. The molecule has 1 spiro atoms. The van der Waals surface area contributed by atoms with Crippen molar-refractivity contribution in [3.63, 3.8) is 0 Å². The number of alkyl halides is 1. The molecule has 0 radical (unpaired) electrons. The van der Waals surface area contributed by atoms with Crippen molar-refractivity contribution in [3.05, 3.63) is 59.7 Å². The summed E-state index contributed by atoms with van der Waals surface area (Å²) in [6.45, 7) is 2.72. The standard InChI is InChI=1S/C26H33F2N3O/c27-21-17-31(18-21)24-20(6-5-7-22(24)28)16-29-14-11-25(23-8-1-4-13-30-23)12-15-32-26(19-25)9-2-3-10-26/h1,4-8,13,21,29H,2-3,9-12,14-19H2. The maximum Gasteiger partial charge on any atom is 0.146 e. The largest absolute Gasteiger partial charge is 0.375 e. The van der Waals surface area contributed by atoms with Gasteiger partial charge in [-0.1, -0.05) is 31.0 Å². The lowest BCUT2D eigenvalue weighted by Gasteiger charge is -2.46. The van der Waals surface area contributed by atoms with Gasteiger partial charge in [0, 0.05) is 30.5 Å². The highest BCUT2D eigenvalue weighted by Gasteiger charge is 2.48. The first-order valence-electron chi connectivity index (χ1n) is 12.0. The van der Waals surface area contributed by atoms with Crippen LogP contribution in [0.25, 0.3) is 0 Å². The van der Waals surface area contributed by atoms with Crippen LogP contribution >= 0.6 is 0 Å². The zero-order valence-electron chi connectivity index (χ0n) is 18.7. The first kappa shape index (κ1) is 21.8. The number of anilines is 1. The Bertz CT molecular complexity index is 913. The molecule has 0 bridgehead atoms. The number of nitrogens with zero attached hydrogens (tertiary/aromatic N) is 2. The van der Waals surface area contributed by atoms with Gasteiger partial charge in [0.05, 0.1) is 24.4 Å². The molecule has 0 amide bonds. The molecule has 2 aromatic rings. The summed E-state index contributed by atoms with van der Waals surface area (Å²) in [6.07, 6.45) is 8.79. The average Bonchev–Trinajstić information content (AvgIpc) is 3.23. The van der Waals surface area contributed by atoms with Crippen molar-refractivity contribution < 1.29 is 13.5 Å². The fraction of sp³-hybridized carbons (Fsp3) is 0.577. The summed E-state index contributed by atoms with van der Waals surface area (Å²) < 4.78 is 34.2. The number of nitrogens with one attached hydrogen (secondary N) is 1. The molecule has 1 aromatic heterocycles. The fourth-order valence-electron chi connectivity index (χ4n) is 6.01. The minimum Gasteiger partial charge on any atom is -0.375 e. The molecule has 1 aromatic carbocycles. The van der Waals surface area contributed by atoms with E-state index in [1.54, 1.807) is 11.0 Å². The summed E-state index contributed by atoms with van der Waals surface area (Å²) in [7, 11) is 0. The van der Waals surface area contributed by atoms with Crippen LogP contribution in [0.5, 0.6) is 0 Å². The normalized spacial score (nSPS) is 25.2. The van der Waals surface area contributed by atoms with Gasteiger partial charge in [-0.25, -0.2) is 8.78 Å². The number of benzene rings is 1. The summed E-state index contributed by atoms with van der Waals surface area (Å²) >= 11 is 0. The molecule has 3 aliphatic rings. The van der Waals surface area contributed by atoms with Crippen LogP contribution in [-0.2, 0) is 16.7 Å². The van der Waals surface area contributed by atoms with E-state index in [1.165, 1.54) is 18.9 Å². The fourth-order valence-corrected chi connectivity index (χ4v) is 6.01. The minimum absolute atomic E-state index is 0.000535. The predicted octanol–water partition coefficient (Wildman–Crippen LogP) is 4.92. The molecule has 32 heavy (non-hydrogen) atoms. The van der Waals surface area contributed by atoms with Gasteiger partial charge in [0.15, 0.2) is 0 Å². The Balaban J connectivity index is 1.28. The maximum absolute atomic E-state index is 14.5. The van der Waals surface area contributed by atoms with Gasteiger partial charge in [-0.3, -0.25) is 4.98 Å². The molecule has 172 valence electrons. The molecule has 4 nitrogen and oxygen atoms in total. The number of hydrogen-bond acceptors (Lipinski definition) is 4. The number of hydrogen-bond donors (Lipinski definition) is 1. The van der Waals surface area contributed by atoms with Crippen molar-refractivity contribution in [3.8, 4) is 0 Å². The predicted molar refractivity (Wildman–Crippen MR) is 122 cm³/mol. The molecule has 1 atom stereocenters. The van der Waals surface area contributed by atoms with Crippen molar-refractivity contribution in [2.45, 2.75) is 68.7 Å². The van der Waals surface area contributed by atoms with Crippen molar-refractivity contribution in [1.29, 1.82) is 0 Å². The quantitative estimate of drug-likeness (QED) is 0.619. The second-order valence-electron chi connectivity index (χ2n) is 9.84. The molecule has 5 rings (SSSR count). The maximum atomic E-state index is 14.5. The van der Waals surface area contributed by atoms with Gasteiger partial charge in [-0.15, -0.1) is 0 Å². The van der Waals surface area contributed by atoms with Crippen molar-refractivity contribution in [2.24, 2.45) is 0 Å². The molecule has 2 saturated heterocycles. The number of para-hydroxylation sites is 1. The Morgan fingerprint density at radius 3 is 2.69 bits per heavy atom. The number of halogens is 2. The van der Waals surface area contributed by atoms with Gasteiger partial charge < -0.3 is 15.0 Å². The third kappa shape index (κ3) is 4.27. The Kier molecular flexibility index (Phi) is 6.17. The molecule has 3 fully saturated rings. The Labute approximate surface area is 189 Å². The van der Waals surface area contributed by atoms with Gasteiger partial charge in [0.2, 0.25) is 0 Å². The molecule has 1 N–H and O–H groups in total. The second kappa shape index (κ2) is 9.06. The number of rotatable bonds is 7. The van der Waals surface area contributed by atoms with E-state index in [0.29, 0.717) is 12.2 Å². The molecular weight excluding hydrogens is 408 g/mol. The summed E-state index contributed by atoms with van der Waals surface area (Å²) in [4.78, 5) is 6.57. The van der Waals surface area contributed by atoms with E-state index < -0.39 is 6.17 Å². The summed E-state index contributed by atoms with van der Waals surface area (Å²) in [5.74, 6) is -0.270. The zero-order chi connectivity index (χ0) is 22.0. The lowest BCUT2D eigenvalue weighted by Crippen LogP contribution is -2.49. The van der Waals surface area contributed by atoms with E-state index >= 15 is 0 Å². The number of ether oxygens (including phenoxy) is 1. The van der Waals surface area contributed by atoms with Crippen molar-refractivity contribution in [1.82, 2.24) is 10.3 Å². The zero-order valence-corrected chi connectivity index (χ0v) is 18.7. The summed E-state index contributed by atoms with van der Waals surface area (Å²) in [6, 6.07) is 11.4. The third-order valence-electron chi connectivity index (χ3n) is 7.69. The van der Waals surface area contributed by atoms with E-state index in [9.17, 15) is 8.78 Å². The highest BCUT2D eigenvalue weighted by Crippen LogP contribution is 2.49. The van der Waals surface area contributed by atoms with Gasteiger partial charge in [-0.05, 0) is 62.4 Å². The lowest BCUT2D eigenvalue weighted by molar-refractivity contribution is -0.104. The van der Waals surface area contributed by atoms with Crippen LogP contribution in [0.4, 0.5) is 14.5 Å². The monoisotopic (exact) mass is 441 g/mol. The smallest absolute Gasteiger partial charge is 0.146 e. The van der Waals surface area contributed by atoms with E-state index in [2.05, 4.69) is 17.4 Å². The highest BCUT2D eigenvalue weighted by molar-refractivity contribution is 5.57. The van der Waals surface area contributed by atoms with Crippen LogP contribution in [-0.4, -0.2) is 43.0 Å². The Hall–Kier alpha value is -2.05. The SMILES string of the molecule is Fc1cccc(CNCCC2(c3ccccn3)CCOC3(CCCC3)C2)c1N1CC(F)C1. The lowest BCUT2D eigenvalue weighted by atomic mass is 9.68. The topological polar surface area (TPSA) is 37.4 Å². The van der Waals surface area contributed by atoms with Crippen molar-refractivity contribution in [2.75, 3.05) is 31.1 Å². The van der Waals surface area contributed by atoms with Crippen molar-refractivity contribution >= 4 is 5.69 Å². The van der Waals surface area contributed by atoms with Crippen LogP contribution in [0.3, 0.4) is 0 Å². The van der Waals surface area contributed by atoms with Gasteiger partial charge in [0.1, 0.15) is 12.0 Å². The second-order valence-corrected chi connectivity index (χ2v) is 9.84. The first-order valence-corrected chi connectivity index (χ1v) is 12.0. The van der Waals surface area contributed by atoms with Gasteiger partial charge in [-0.2, -0.15) is 0 Å². The van der Waals surface area contributed by atoms with Crippen LogP contribution in [0.1, 0.15) is 56.2 Å². The van der Waals surface area contributed by atoms with Crippen LogP contribution in [0.2, 0.25) is 0 Å². The average molecular weight is 442 g/mol. The Morgan fingerprint density at radius 1 is 1.09 bits per heavy atom. The summed E-state index contributed by atoms with van der Waals surface area (Å²) in [5, 5.41) is 3.55.